The lowest BCUT2D eigenvalue weighted by Crippen LogP contribution is -2.26. The number of anilines is 1. The molecule has 0 amide bonds. The topological polar surface area (TPSA) is 58.4 Å². The van der Waals surface area contributed by atoms with Crippen LogP contribution in [0.3, 0.4) is 0 Å². The zero-order chi connectivity index (χ0) is 16.1. The molecule has 0 bridgehead atoms. The molecule has 0 aliphatic carbocycles. The first-order chi connectivity index (χ1) is 10.5. The maximum atomic E-state index is 10.7. The molecular formula is C16H18ClN3O2. The van der Waals surface area contributed by atoms with Crippen LogP contribution >= 0.6 is 11.6 Å². The average molecular weight is 320 g/mol. The molecule has 6 heteroatoms. The molecule has 2 aromatic carbocycles. The largest absolute Gasteiger partial charge is 0.382 e. The first-order valence-electron chi connectivity index (χ1n) is 6.88. The lowest BCUT2D eigenvalue weighted by atomic mass is 10.1. The smallest absolute Gasteiger partial charge is 0.271 e. The number of non-ortho nitro benzene ring substituents is 1. The zero-order valence-corrected chi connectivity index (χ0v) is 13.2. The molecular weight excluding hydrogens is 302 g/mol. The molecule has 0 radical (unpaired) electrons. The van der Waals surface area contributed by atoms with Gasteiger partial charge in [-0.3, -0.25) is 10.1 Å². The van der Waals surface area contributed by atoms with Gasteiger partial charge in [0.25, 0.3) is 5.69 Å². The predicted octanol–water partition coefficient (Wildman–Crippen LogP) is 3.96. The van der Waals surface area contributed by atoms with Crippen molar-refractivity contribution in [3.05, 3.63) is 69.2 Å². The molecule has 1 N–H and O–H groups in total. The van der Waals surface area contributed by atoms with Crippen LogP contribution in [0.5, 0.6) is 0 Å². The first kappa shape index (κ1) is 16.3. The SMILES string of the molecule is CN(C)[C@H](CNc1ccc([N+](=O)[O-])cc1Cl)c1ccccc1. The second kappa shape index (κ2) is 7.24. The standard InChI is InChI=1S/C16H18ClN3O2/c1-19(2)16(12-6-4-3-5-7-12)11-18-15-9-8-13(20(21)22)10-14(15)17/h3-10,16,18H,11H2,1-2H3/t16-/m1/s1. The predicted molar refractivity (Wildman–Crippen MR) is 89.5 cm³/mol. The third-order valence-electron chi connectivity index (χ3n) is 3.46. The number of nitrogens with zero attached hydrogens (tertiary/aromatic N) is 2. The van der Waals surface area contributed by atoms with Crippen molar-refractivity contribution in [3.63, 3.8) is 0 Å². The first-order valence-corrected chi connectivity index (χ1v) is 7.26. The van der Waals surface area contributed by atoms with Gasteiger partial charge in [-0.05, 0) is 25.7 Å². The Balaban J connectivity index is 2.12. The van der Waals surface area contributed by atoms with Crippen molar-refractivity contribution in [3.8, 4) is 0 Å². The highest BCUT2D eigenvalue weighted by atomic mass is 35.5. The van der Waals surface area contributed by atoms with Crippen LogP contribution in [0.1, 0.15) is 11.6 Å². The van der Waals surface area contributed by atoms with E-state index in [1.807, 2.05) is 32.3 Å². The van der Waals surface area contributed by atoms with Crippen LogP contribution in [0.4, 0.5) is 11.4 Å². The van der Waals surface area contributed by atoms with Gasteiger partial charge in [0, 0.05) is 18.7 Å². The molecule has 0 unspecified atom stereocenters. The van der Waals surface area contributed by atoms with Crippen molar-refractivity contribution in [2.75, 3.05) is 26.0 Å². The molecule has 1 atom stereocenters. The van der Waals surface area contributed by atoms with Gasteiger partial charge in [-0.15, -0.1) is 0 Å². The summed E-state index contributed by atoms with van der Waals surface area (Å²) in [4.78, 5) is 12.4. The van der Waals surface area contributed by atoms with Crippen molar-refractivity contribution >= 4 is 23.0 Å². The number of rotatable bonds is 6. The van der Waals surface area contributed by atoms with Gasteiger partial charge in [0.2, 0.25) is 0 Å². The van der Waals surface area contributed by atoms with Gasteiger partial charge in [0.05, 0.1) is 21.7 Å². The number of benzene rings is 2. The Morgan fingerprint density at radius 2 is 1.91 bits per heavy atom. The summed E-state index contributed by atoms with van der Waals surface area (Å²) in [5.74, 6) is 0. The minimum atomic E-state index is -0.456. The summed E-state index contributed by atoms with van der Waals surface area (Å²) in [5, 5.41) is 14.3. The van der Waals surface area contributed by atoms with Crippen molar-refractivity contribution in [1.82, 2.24) is 4.90 Å². The summed E-state index contributed by atoms with van der Waals surface area (Å²) < 4.78 is 0. The summed E-state index contributed by atoms with van der Waals surface area (Å²) in [5.41, 5.74) is 1.87. The van der Waals surface area contributed by atoms with Gasteiger partial charge in [-0.2, -0.15) is 0 Å². The van der Waals surface area contributed by atoms with Crippen LogP contribution < -0.4 is 5.32 Å². The second-order valence-corrected chi connectivity index (χ2v) is 5.60. The fraction of sp³-hybridized carbons (Fsp3) is 0.250. The minimum Gasteiger partial charge on any atom is -0.382 e. The molecule has 0 saturated carbocycles. The fourth-order valence-electron chi connectivity index (χ4n) is 2.24. The van der Waals surface area contributed by atoms with Gasteiger partial charge in [-0.1, -0.05) is 41.9 Å². The molecule has 2 aromatic rings. The Morgan fingerprint density at radius 3 is 2.45 bits per heavy atom. The molecule has 0 aliphatic heterocycles. The highest BCUT2D eigenvalue weighted by molar-refractivity contribution is 6.33. The van der Waals surface area contributed by atoms with E-state index in [2.05, 4.69) is 22.3 Å². The van der Waals surface area contributed by atoms with Crippen LogP contribution in [0.2, 0.25) is 5.02 Å². The molecule has 2 rings (SSSR count). The molecule has 0 spiro atoms. The average Bonchev–Trinajstić information content (AvgIpc) is 2.49. The van der Waals surface area contributed by atoms with Gasteiger partial charge >= 0.3 is 0 Å². The van der Waals surface area contributed by atoms with E-state index in [4.69, 9.17) is 11.6 Å². The number of halogens is 1. The number of nitrogens with one attached hydrogen (secondary N) is 1. The van der Waals surface area contributed by atoms with E-state index < -0.39 is 4.92 Å². The van der Waals surface area contributed by atoms with E-state index in [-0.39, 0.29) is 11.7 Å². The van der Waals surface area contributed by atoms with Crippen LogP contribution in [-0.2, 0) is 0 Å². The van der Waals surface area contributed by atoms with Gasteiger partial charge in [0.1, 0.15) is 0 Å². The highest BCUT2D eigenvalue weighted by Crippen LogP contribution is 2.28. The minimum absolute atomic E-state index is 0.0113. The van der Waals surface area contributed by atoms with Crippen LogP contribution in [-0.4, -0.2) is 30.5 Å². The molecule has 0 heterocycles. The maximum absolute atomic E-state index is 10.7. The van der Waals surface area contributed by atoms with E-state index in [1.165, 1.54) is 17.7 Å². The second-order valence-electron chi connectivity index (χ2n) is 5.19. The Bertz CT molecular complexity index is 647. The third-order valence-corrected chi connectivity index (χ3v) is 3.77. The summed E-state index contributed by atoms with van der Waals surface area (Å²) >= 11 is 6.10. The number of nitro groups is 1. The molecule has 0 saturated heterocycles. The van der Waals surface area contributed by atoms with E-state index in [0.717, 1.165) is 0 Å². The van der Waals surface area contributed by atoms with Crippen LogP contribution in [0, 0.1) is 10.1 Å². The van der Waals surface area contributed by atoms with Crippen molar-refractivity contribution in [2.45, 2.75) is 6.04 Å². The number of hydrogen-bond donors (Lipinski definition) is 1. The molecule has 0 aliphatic rings. The Morgan fingerprint density at radius 1 is 1.23 bits per heavy atom. The molecule has 0 aromatic heterocycles. The summed E-state index contributed by atoms with van der Waals surface area (Å²) in [6.45, 7) is 0.647. The van der Waals surface area contributed by atoms with E-state index in [9.17, 15) is 10.1 Å². The van der Waals surface area contributed by atoms with Gasteiger partial charge in [-0.25, -0.2) is 0 Å². The lowest BCUT2D eigenvalue weighted by molar-refractivity contribution is -0.384. The third kappa shape index (κ3) is 3.96. The number of hydrogen-bond acceptors (Lipinski definition) is 4. The van der Waals surface area contributed by atoms with Crippen molar-refractivity contribution < 1.29 is 4.92 Å². The lowest BCUT2D eigenvalue weighted by Gasteiger charge is -2.25. The van der Waals surface area contributed by atoms with Crippen molar-refractivity contribution in [1.29, 1.82) is 0 Å². The molecule has 5 nitrogen and oxygen atoms in total. The monoisotopic (exact) mass is 319 g/mol. The van der Waals surface area contributed by atoms with E-state index >= 15 is 0 Å². The Hall–Kier alpha value is -2.11. The Kier molecular flexibility index (Phi) is 5.35. The molecule has 0 fully saturated rings. The van der Waals surface area contributed by atoms with Gasteiger partial charge in [0.15, 0.2) is 0 Å². The normalized spacial score (nSPS) is 12.2. The summed E-state index contributed by atoms with van der Waals surface area (Å²) in [6.07, 6.45) is 0. The summed E-state index contributed by atoms with van der Waals surface area (Å²) in [7, 11) is 4.02. The molecule has 22 heavy (non-hydrogen) atoms. The quantitative estimate of drug-likeness (QED) is 0.646. The van der Waals surface area contributed by atoms with Crippen LogP contribution in [0.15, 0.2) is 48.5 Å². The Labute approximate surface area is 134 Å². The van der Waals surface area contributed by atoms with E-state index in [1.54, 1.807) is 6.07 Å². The maximum Gasteiger partial charge on any atom is 0.271 e. The number of likely N-dealkylation sites (N-methyl/N-ethyl adjacent to an activating group) is 1. The molecule has 116 valence electrons. The zero-order valence-electron chi connectivity index (χ0n) is 12.5. The van der Waals surface area contributed by atoms with Crippen molar-refractivity contribution in [2.24, 2.45) is 0 Å². The van der Waals surface area contributed by atoms with Crippen LogP contribution in [0.25, 0.3) is 0 Å². The summed E-state index contributed by atoms with van der Waals surface area (Å²) in [6, 6.07) is 14.8. The van der Waals surface area contributed by atoms with E-state index in [0.29, 0.717) is 17.3 Å². The fourth-order valence-corrected chi connectivity index (χ4v) is 2.48. The number of nitro benzene ring substituents is 1. The van der Waals surface area contributed by atoms with Gasteiger partial charge < -0.3 is 10.2 Å². The highest BCUT2D eigenvalue weighted by Gasteiger charge is 2.15.